The average molecular weight is 334 g/mol. The highest BCUT2D eigenvalue weighted by molar-refractivity contribution is 7.39. The lowest BCUT2D eigenvalue weighted by Gasteiger charge is -2.12. The van der Waals surface area contributed by atoms with Crippen molar-refractivity contribution < 1.29 is 19.4 Å². The summed E-state index contributed by atoms with van der Waals surface area (Å²) < 4.78 is 4.25. The molecule has 0 aliphatic heterocycles. The standard InChI is InChI=1S/C15H16O.C3H7O3P/c1-11(2)12-7-9-13(10-8-12)14-5-3-4-6-15(14)16;1-2-3-6-7(4)5/h3-7,9-10,16H,8H2,1-2H3;2,4-5H,1,3H2. The molecule has 0 spiro atoms. The lowest BCUT2D eigenvalue weighted by atomic mass is 9.94. The van der Waals surface area contributed by atoms with Gasteiger partial charge in [0, 0.05) is 5.56 Å². The van der Waals surface area contributed by atoms with Crippen molar-refractivity contribution in [1.29, 1.82) is 0 Å². The number of allylic oxidation sites excluding steroid dienone is 6. The first kappa shape index (κ1) is 19.3. The molecule has 1 aliphatic rings. The Morgan fingerprint density at radius 1 is 1.26 bits per heavy atom. The van der Waals surface area contributed by atoms with Gasteiger partial charge in [0.2, 0.25) is 0 Å². The number of para-hydroxylation sites is 1. The smallest absolute Gasteiger partial charge is 0.327 e. The molecule has 0 atom stereocenters. The molecule has 3 N–H and O–H groups in total. The van der Waals surface area contributed by atoms with Crippen LogP contribution in [0, 0.1) is 0 Å². The molecule has 0 unspecified atom stereocenters. The monoisotopic (exact) mass is 334 g/mol. The van der Waals surface area contributed by atoms with Gasteiger partial charge in [0.25, 0.3) is 0 Å². The number of rotatable bonds is 4. The van der Waals surface area contributed by atoms with Gasteiger partial charge in [0.15, 0.2) is 0 Å². The Bertz CT molecular complexity index is 611. The second-order valence-corrected chi connectivity index (χ2v) is 5.84. The molecular weight excluding hydrogens is 311 g/mol. The van der Waals surface area contributed by atoms with E-state index in [4.69, 9.17) is 9.79 Å². The third-order valence-corrected chi connectivity index (χ3v) is 3.55. The Hall–Kier alpha value is -1.71. The van der Waals surface area contributed by atoms with Crippen LogP contribution >= 0.6 is 8.60 Å². The van der Waals surface area contributed by atoms with Crippen molar-refractivity contribution in [2.24, 2.45) is 0 Å². The highest BCUT2D eigenvalue weighted by Crippen LogP contribution is 2.30. The molecule has 0 amide bonds. The number of hydrogen-bond acceptors (Lipinski definition) is 4. The van der Waals surface area contributed by atoms with Gasteiger partial charge in [-0.1, -0.05) is 48.1 Å². The second-order valence-electron chi connectivity index (χ2n) is 5.08. The molecule has 4 nitrogen and oxygen atoms in total. The van der Waals surface area contributed by atoms with E-state index >= 15 is 0 Å². The minimum atomic E-state index is -2.18. The van der Waals surface area contributed by atoms with Gasteiger partial charge in [-0.2, -0.15) is 0 Å². The Labute approximate surface area is 138 Å². The van der Waals surface area contributed by atoms with Crippen molar-refractivity contribution in [3.05, 3.63) is 71.9 Å². The molecule has 1 aliphatic carbocycles. The van der Waals surface area contributed by atoms with Gasteiger partial charge in [-0.25, -0.2) is 0 Å². The van der Waals surface area contributed by atoms with Crippen molar-refractivity contribution in [3.63, 3.8) is 0 Å². The third kappa shape index (κ3) is 6.93. The molecule has 1 aromatic carbocycles. The zero-order valence-corrected chi connectivity index (χ0v) is 14.3. The molecule has 0 fully saturated rings. The Morgan fingerprint density at radius 2 is 1.96 bits per heavy atom. The highest BCUT2D eigenvalue weighted by atomic mass is 31.2. The fourth-order valence-corrected chi connectivity index (χ4v) is 2.19. The minimum absolute atomic E-state index is 0.193. The molecule has 0 saturated carbocycles. The van der Waals surface area contributed by atoms with Crippen LogP contribution in [-0.2, 0) is 4.52 Å². The van der Waals surface area contributed by atoms with Crippen molar-refractivity contribution >= 4 is 14.2 Å². The first-order valence-corrected chi connectivity index (χ1v) is 8.37. The van der Waals surface area contributed by atoms with Crippen LogP contribution in [0.2, 0.25) is 0 Å². The zero-order chi connectivity index (χ0) is 17.2. The molecule has 23 heavy (non-hydrogen) atoms. The van der Waals surface area contributed by atoms with E-state index in [1.54, 1.807) is 6.07 Å². The van der Waals surface area contributed by atoms with Crippen LogP contribution in [0.25, 0.3) is 5.57 Å². The van der Waals surface area contributed by atoms with E-state index in [-0.39, 0.29) is 6.61 Å². The van der Waals surface area contributed by atoms with E-state index in [0.717, 1.165) is 17.6 Å². The lowest BCUT2D eigenvalue weighted by Crippen LogP contribution is -1.90. The molecule has 1 aromatic rings. The van der Waals surface area contributed by atoms with Gasteiger partial charge >= 0.3 is 8.60 Å². The average Bonchev–Trinajstić information content (AvgIpc) is 2.54. The summed E-state index contributed by atoms with van der Waals surface area (Å²) in [5.74, 6) is 0.346. The number of benzene rings is 1. The fraction of sp³-hybridized carbons (Fsp3) is 0.222. The summed E-state index contributed by atoms with van der Waals surface area (Å²) in [4.78, 5) is 16.1. The SMILES string of the molecule is C=CCOP(O)O.CC(C)=C1C=CC(c2ccccc2O)=CC1. The molecule has 0 radical (unpaired) electrons. The fourth-order valence-electron chi connectivity index (χ4n) is 1.95. The van der Waals surface area contributed by atoms with E-state index in [9.17, 15) is 5.11 Å². The summed E-state index contributed by atoms with van der Waals surface area (Å²) in [6.07, 6.45) is 8.76. The van der Waals surface area contributed by atoms with Crippen LogP contribution in [0.5, 0.6) is 5.75 Å². The third-order valence-electron chi connectivity index (χ3n) is 3.17. The summed E-state index contributed by atoms with van der Waals surface area (Å²) in [5.41, 5.74) is 4.72. The van der Waals surface area contributed by atoms with Crippen LogP contribution in [-0.4, -0.2) is 21.5 Å². The Kier molecular flexibility index (Phi) is 8.52. The number of phenolic OH excluding ortho intramolecular Hbond substituents is 1. The van der Waals surface area contributed by atoms with E-state index in [0.29, 0.717) is 5.75 Å². The molecule has 2 rings (SSSR count). The first-order chi connectivity index (χ1) is 11.0. The number of aromatic hydroxyl groups is 1. The van der Waals surface area contributed by atoms with Crippen molar-refractivity contribution in [2.75, 3.05) is 6.61 Å². The van der Waals surface area contributed by atoms with Crippen molar-refractivity contribution in [1.82, 2.24) is 0 Å². The van der Waals surface area contributed by atoms with Gasteiger partial charge in [0.1, 0.15) is 5.75 Å². The molecule has 0 aromatic heterocycles. The molecule has 0 bridgehead atoms. The van der Waals surface area contributed by atoms with E-state index < -0.39 is 8.60 Å². The van der Waals surface area contributed by atoms with Crippen LogP contribution < -0.4 is 0 Å². The molecular formula is C18H23O4P. The summed E-state index contributed by atoms with van der Waals surface area (Å²) in [5, 5.41) is 9.75. The molecule has 5 heteroatoms. The summed E-state index contributed by atoms with van der Waals surface area (Å²) in [7, 11) is -2.18. The van der Waals surface area contributed by atoms with Gasteiger partial charge in [-0.3, -0.25) is 0 Å². The van der Waals surface area contributed by atoms with Crippen molar-refractivity contribution in [2.45, 2.75) is 20.3 Å². The minimum Gasteiger partial charge on any atom is -0.507 e. The Balaban J connectivity index is 0.000000322. The van der Waals surface area contributed by atoms with Gasteiger partial charge in [0.05, 0.1) is 6.61 Å². The molecule has 124 valence electrons. The Morgan fingerprint density at radius 3 is 2.39 bits per heavy atom. The predicted molar refractivity (Wildman–Crippen MR) is 95.7 cm³/mol. The maximum atomic E-state index is 9.75. The summed E-state index contributed by atoms with van der Waals surface area (Å²) >= 11 is 0. The number of hydrogen-bond donors (Lipinski definition) is 3. The first-order valence-electron chi connectivity index (χ1n) is 7.20. The van der Waals surface area contributed by atoms with Crippen LogP contribution in [0.3, 0.4) is 0 Å². The van der Waals surface area contributed by atoms with E-state index in [1.165, 1.54) is 17.2 Å². The second kappa shape index (κ2) is 10.1. The van der Waals surface area contributed by atoms with Gasteiger partial charge < -0.3 is 19.4 Å². The van der Waals surface area contributed by atoms with Gasteiger partial charge in [-0.05, 0) is 37.5 Å². The maximum absolute atomic E-state index is 9.75. The highest BCUT2D eigenvalue weighted by Gasteiger charge is 2.07. The largest absolute Gasteiger partial charge is 0.507 e. The topological polar surface area (TPSA) is 69.9 Å². The van der Waals surface area contributed by atoms with Crippen LogP contribution in [0.4, 0.5) is 0 Å². The van der Waals surface area contributed by atoms with Crippen LogP contribution in [0.15, 0.2) is 66.3 Å². The normalized spacial score (nSPS) is 13.3. The molecule has 0 saturated heterocycles. The van der Waals surface area contributed by atoms with Gasteiger partial charge in [-0.15, -0.1) is 6.58 Å². The summed E-state index contributed by atoms with van der Waals surface area (Å²) in [6, 6.07) is 7.45. The summed E-state index contributed by atoms with van der Waals surface area (Å²) in [6.45, 7) is 7.74. The quantitative estimate of drug-likeness (QED) is 0.561. The van der Waals surface area contributed by atoms with E-state index in [2.05, 4.69) is 43.2 Å². The van der Waals surface area contributed by atoms with E-state index in [1.807, 2.05) is 18.2 Å². The van der Waals surface area contributed by atoms with Crippen molar-refractivity contribution in [3.8, 4) is 5.75 Å². The maximum Gasteiger partial charge on any atom is 0.327 e. The van der Waals surface area contributed by atoms with Crippen LogP contribution in [0.1, 0.15) is 25.8 Å². The lowest BCUT2D eigenvalue weighted by molar-refractivity contribution is 0.282. The predicted octanol–water partition coefficient (Wildman–Crippen LogP) is 4.47. The molecule has 0 heterocycles. The number of phenols is 1. The zero-order valence-electron chi connectivity index (χ0n) is 13.4.